The molecule has 1 unspecified atom stereocenters. The Morgan fingerprint density at radius 2 is 1.66 bits per heavy atom. The minimum atomic E-state index is -4.51. The van der Waals surface area contributed by atoms with Gasteiger partial charge in [0.2, 0.25) is 0 Å². The largest absolute Gasteiger partial charge is 0.463 e. The average molecular weight is 540 g/mol. The lowest BCUT2D eigenvalue weighted by Crippen LogP contribution is -2.56. The highest BCUT2D eigenvalue weighted by atomic mass is 19.4. The highest BCUT2D eigenvalue weighted by Gasteiger charge is 2.39. The number of alkyl halides is 3. The standard InChI is InChI=1S/C26H36F3N5O4/c1-6-34-19(16-32-12-14-33(15-13-32)24(37)31-25(3,4)5)20(22(35)38-7-2)21(30-23(34)36)17-8-10-18(11-9-17)26(27,28)29/h8-11,21H,6-7,12-16H2,1-5H3,(H,30,36)(H,31,37). The molecule has 2 heterocycles. The van der Waals surface area contributed by atoms with Crippen LogP contribution in [0.15, 0.2) is 35.5 Å². The first-order valence-electron chi connectivity index (χ1n) is 12.7. The van der Waals surface area contributed by atoms with Gasteiger partial charge in [0.25, 0.3) is 0 Å². The molecule has 2 aliphatic rings. The number of carbonyl (C=O) groups excluding carboxylic acids is 3. The van der Waals surface area contributed by atoms with E-state index in [-0.39, 0.29) is 36.8 Å². The Labute approximate surface area is 221 Å². The molecule has 0 saturated carbocycles. The summed E-state index contributed by atoms with van der Waals surface area (Å²) in [6, 6.07) is 2.80. The number of likely N-dealkylation sites (N-methyl/N-ethyl adjacent to an activating group) is 1. The third kappa shape index (κ3) is 6.97. The van der Waals surface area contributed by atoms with Gasteiger partial charge in [-0.3, -0.25) is 9.80 Å². The molecule has 2 N–H and O–H groups in total. The Bertz CT molecular complexity index is 1060. The average Bonchev–Trinajstić information content (AvgIpc) is 2.83. The van der Waals surface area contributed by atoms with Crippen molar-refractivity contribution >= 4 is 18.0 Å². The van der Waals surface area contributed by atoms with Crippen LogP contribution >= 0.6 is 0 Å². The number of rotatable bonds is 6. The summed E-state index contributed by atoms with van der Waals surface area (Å²) >= 11 is 0. The summed E-state index contributed by atoms with van der Waals surface area (Å²) in [6.45, 7) is 11.7. The van der Waals surface area contributed by atoms with E-state index in [0.29, 0.717) is 37.4 Å². The number of ether oxygens (including phenoxy) is 1. The maximum atomic E-state index is 13.2. The van der Waals surface area contributed by atoms with Crippen molar-refractivity contribution in [2.45, 2.75) is 52.4 Å². The van der Waals surface area contributed by atoms with E-state index in [4.69, 9.17) is 4.74 Å². The lowest BCUT2D eigenvalue weighted by molar-refractivity contribution is -0.139. The van der Waals surface area contributed by atoms with Crippen molar-refractivity contribution in [2.75, 3.05) is 45.9 Å². The van der Waals surface area contributed by atoms with Crippen molar-refractivity contribution in [3.8, 4) is 0 Å². The maximum Gasteiger partial charge on any atom is 0.416 e. The molecule has 0 bridgehead atoms. The number of amides is 4. The normalized spacial score (nSPS) is 19.4. The Morgan fingerprint density at radius 3 is 2.16 bits per heavy atom. The van der Waals surface area contributed by atoms with E-state index in [0.717, 1.165) is 12.1 Å². The number of benzene rings is 1. The van der Waals surface area contributed by atoms with E-state index in [2.05, 4.69) is 10.6 Å². The van der Waals surface area contributed by atoms with Crippen molar-refractivity contribution in [1.82, 2.24) is 25.3 Å². The zero-order chi connectivity index (χ0) is 28.3. The first kappa shape index (κ1) is 29.3. The van der Waals surface area contributed by atoms with E-state index in [1.165, 1.54) is 17.0 Å². The van der Waals surface area contributed by atoms with E-state index < -0.39 is 29.8 Å². The van der Waals surface area contributed by atoms with Gasteiger partial charge in [-0.2, -0.15) is 13.2 Å². The number of carbonyl (C=O) groups is 3. The second kappa shape index (κ2) is 11.6. The molecule has 4 amide bonds. The highest BCUT2D eigenvalue weighted by molar-refractivity contribution is 5.95. The van der Waals surface area contributed by atoms with Crippen LogP contribution in [-0.4, -0.2) is 84.1 Å². The summed E-state index contributed by atoms with van der Waals surface area (Å²) in [7, 11) is 0. The SMILES string of the molecule is CCOC(=O)C1=C(CN2CCN(C(=O)NC(C)(C)C)CC2)N(CC)C(=O)NC1c1ccc(C(F)(F)F)cc1. The van der Waals surface area contributed by atoms with Crippen molar-refractivity contribution < 1.29 is 32.3 Å². The summed E-state index contributed by atoms with van der Waals surface area (Å²) in [5.74, 6) is -0.644. The first-order valence-corrected chi connectivity index (χ1v) is 12.7. The minimum absolute atomic E-state index is 0.0942. The minimum Gasteiger partial charge on any atom is -0.463 e. The number of piperazine rings is 1. The molecule has 12 heteroatoms. The monoisotopic (exact) mass is 539 g/mol. The third-order valence-electron chi connectivity index (χ3n) is 6.34. The van der Waals surface area contributed by atoms with Crippen LogP contribution in [0.5, 0.6) is 0 Å². The smallest absolute Gasteiger partial charge is 0.416 e. The molecule has 1 saturated heterocycles. The number of nitrogens with one attached hydrogen (secondary N) is 2. The first-order chi connectivity index (χ1) is 17.7. The number of esters is 1. The van der Waals surface area contributed by atoms with Gasteiger partial charge in [0, 0.05) is 50.5 Å². The van der Waals surface area contributed by atoms with Gasteiger partial charge in [-0.1, -0.05) is 12.1 Å². The van der Waals surface area contributed by atoms with Crippen LogP contribution < -0.4 is 10.6 Å². The zero-order valence-electron chi connectivity index (χ0n) is 22.4. The molecule has 38 heavy (non-hydrogen) atoms. The van der Waals surface area contributed by atoms with Gasteiger partial charge in [-0.05, 0) is 52.3 Å². The molecule has 2 aliphatic heterocycles. The van der Waals surface area contributed by atoms with Gasteiger partial charge in [-0.25, -0.2) is 14.4 Å². The summed E-state index contributed by atoms with van der Waals surface area (Å²) in [4.78, 5) is 44.0. The van der Waals surface area contributed by atoms with Crippen LogP contribution in [0.2, 0.25) is 0 Å². The number of nitrogens with zero attached hydrogens (tertiary/aromatic N) is 3. The summed E-state index contributed by atoms with van der Waals surface area (Å²) in [5, 5.41) is 5.71. The maximum absolute atomic E-state index is 13.2. The summed E-state index contributed by atoms with van der Waals surface area (Å²) in [5.41, 5.74) is -0.230. The van der Waals surface area contributed by atoms with Crippen LogP contribution in [0, 0.1) is 0 Å². The Morgan fingerprint density at radius 1 is 1.05 bits per heavy atom. The molecule has 1 atom stereocenters. The van der Waals surface area contributed by atoms with Crippen molar-refractivity contribution in [3.63, 3.8) is 0 Å². The second-order valence-corrected chi connectivity index (χ2v) is 10.3. The number of urea groups is 2. The van der Waals surface area contributed by atoms with Gasteiger partial charge < -0.3 is 20.3 Å². The summed E-state index contributed by atoms with van der Waals surface area (Å²) < 4.78 is 44.7. The third-order valence-corrected chi connectivity index (χ3v) is 6.34. The number of halogens is 3. The molecule has 1 aromatic rings. The van der Waals surface area contributed by atoms with Crippen molar-refractivity contribution in [1.29, 1.82) is 0 Å². The van der Waals surface area contributed by atoms with Crippen LogP contribution in [0.4, 0.5) is 22.8 Å². The Hall–Kier alpha value is -3.28. The summed E-state index contributed by atoms with van der Waals surface area (Å²) in [6.07, 6.45) is -4.51. The predicted octanol–water partition coefficient (Wildman–Crippen LogP) is 3.73. The quantitative estimate of drug-likeness (QED) is 0.538. The topological polar surface area (TPSA) is 94.2 Å². The van der Waals surface area contributed by atoms with Gasteiger partial charge >= 0.3 is 24.2 Å². The van der Waals surface area contributed by atoms with Crippen molar-refractivity contribution in [2.24, 2.45) is 0 Å². The molecule has 210 valence electrons. The molecule has 1 aromatic carbocycles. The van der Waals surface area contributed by atoms with E-state index in [1.54, 1.807) is 18.7 Å². The highest BCUT2D eigenvalue weighted by Crippen LogP contribution is 2.35. The lowest BCUT2D eigenvalue weighted by atomic mass is 9.93. The van der Waals surface area contributed by atoms with Crippen LogP contribution in [0.25, 0.3) is 0 Å². The van der Waals surface area contributed by atoms with E-state index in [1.807, 2.05) is 25.7 Å². The molecule has 0 radical (unpaired) electrons. The molecule has 0 spiro atoms. The molecular weight excluding hydrogens is 503 g/mol. The number of hydrogen-bond donors (Lipinski definition) is 2. The molecule has 9 nitrogen and oxygen atoms in total. The van der Waals surface area contributed by atoms with Crippen LogP contribution in [0.3, 0.4) is 0 Å². The van der Waals surface area contributed by atoms with Gasteiger partial charge in [0.1, 0.15) is 0 Å². The van der Waals surface area contributed by atoms with Gasteiger partial charge in [0.15, 0.2) is 0 Å². The van der Waals surface area contributed by atoms with E-state index >= 15 is 0 Å². The fraction of sp³-hybridized carbons (Fsp3) is 0.577. The van der Waals surface area contributed by atoms with Gasteiger partial charge in [0.05, 0.1) is 23.8 Å². The van der Waals surface area contributed by atoms with Crippen molar-refractivity contribution in [3.05, 3.63) is 46.7 Å². The Kier molecular flexibility index (Phi) is 8.96. The predicted molar refractivity (Wildman–Crippen MR) is 135 cm³/mol. The molecular formula is C26H36F3N5O4. The molecule has 1 fully saturated rings. The lowest BCUT2D eigenvalue weighted by Gasteiger charge is -2.40. The van der Waals surface area contributed by atoms with E-state index in [9.17, 15) is 27.6 Å². The van der Waals surface area contributed by atoms with Gasteiger partial charge in [-0.15, -0.1) is 0 Å². The molecule has 3 rings (SSSR count). The molecule has 0 aliphatic carbocycles. The Balaban J connectivity index is 1.91. The number of hydrogen-bond acceptors (Lipinski definition) is 5. The second-order valence-electron chi connectivity index (χ2n) is 10.3. The van der Waals surface area contributed by atoms with Crippen LogP contribution in [-0.2, 0) is 15.7 Å². The fourth-order valence-electron chi connectivity index (χ4n) is 4.49. The van der Waals surface area contributed by atoms with Crippen LogP contribution in [0.1, 0.15) is 51.8 Å². The zero-order valence-corrected chi connectivity index (χ0v) is 22.4. The molecule has 0 aromatic heterocycles. The fourth-order valence-corrected chi connectivity index (χ4v) is 4.49.